The molecule has 4 heterocycles. The van der Waals surface area contributed by atoms with Crippen molar-refractivity contribution in [1.29, 1.82) is 0 Å². The lowest BCUT2D eigenvalue weighted by Gasteiger charge is -2.26. The van der Waals surface area contributed by atoms with Crippen LogP contribution in [-0.2, 0) is 5.60 Å². The molecule has 2 unspecified atom stereocenters. The number of anilines is 1. The molecule has 1 saturated heterocycles. The topological polar surface area (TPSA) is 74.5 Å². The van der Waals surface area contributed by atoms with Crippen molar-refractivity contribution in [2.75, 3.05) is 18.4 Å². The molecule has 1 aliphatic carbocycles. The molecule has 3 aromatic heterocycles. The van der Waals surface area contributed by atoms with Crippen LogP contribution < -0.4 is 10.6 Å². The Morgan fingerprint density at radius 2 is 2.03 bits per heavy atom. The van der Waals surface area contributed by atoms with E-state index in [1.807, 2.05) is 12.1 Å². The van der Waals surface area contributed by atoms with Gasteiger partial charge in [-0.2, -0.15) is 13.2 Å². The summed E-state index contributed by atoms with van der Waals surface area (Å²) in [6, 6.07) is 8.57. The number of fused-ring (bicyclic) bond motifs is 1. The third kappa shape index (κ3) is 3.04. The smallest absolute Gasteiger partial charge is 0.376 e. The second-order valence-corrected chi connectivity index (χ2v) is 8.46. The number of rotatable bonds is 4. The number of pyridine rings is 2. The molecule has 158 valence electrons. The normalized spacial score (nSPS) is 22.4. The van der Waals surface area contributed by atoms with E-state index in [-0.39, 0.29) is 5.56 Å². The molecule has 1 saturated carbocycles. The van der Waals surface area contributed by atoms with Crippen LogP contribution in [0.4, 0.5) is 19.0 Å². The minimum atomic E-state index is -4.79. The van der Waals surface area contributed by atoms with E-state index >= 15 is 0 Å². The van der Waals surface area contributed by atoms with Crippen LogP contribution in [0.25, 0.3) is 17.0 Å². The van der Waals surface area contributed by atoms with Crippen molar-refractivity contribution in [2.45, 2.75) is 37.6 Å². The van der Waals surface area contributed by atoms with Gasteiger partial charge in [0.1, 0.15) is 11.5 Å². The summed E-state index contributed by atoms with van der Waals surface area (Å²) in [4.78, 5) is 8.95. The monoisotopic (exact) mass is 417 g/mol. The van der Waals surface area contributed by atoms with Crippen molar-refractivity contribution in [3.8, 4) is 11.4 Å². The Balaban J connectivity index is 1.50. The van der Waals surface area contributed by atoms with E-state index in [9.17, 15) is 18.3 Å². The van der Waals surface area contributed by atoms with Gasteiger partial charge in [0, 0.05) is 36.3 Å². The predicted molar refractivity (Wildman–Crippen MR) is 106 cm³/mol. The highest BCUT2D eigenvalue weighted by Gasteiger charge is 2.52. The molecule has 3 aromatic rings. The first-order valence-electron chi connectivity index (χ1n) is 9.91. The number of halogens is 3. The summed E-state index contributed by atoms with van der Waals surface area (Å²) in [6.07, 6.45) is 0.455. The molecule has 6 nitrogen and oxygen atoms in total. The number of imidazole rings is 1. The van der Waals surface area contributed by atoms with E-state index in [1.165, 1.54) is 35.6 Å². The van der Waals surface area contributed by atoms with Crippen LogP contribution in [0.5, 0.6) is 0 Å². The predicted octanol–water partition coefficient (Wildman–Crippen LogP) is 3.33. The summed E-state index contributed by atoms with van der Waals surface area (Å²) in [5.41, 5.74) is -1.29. The van der Waals surface area contributed by atoms with Crippen LogP contribution in [0.2, 0.25) is 0 Å². The van der Waals surface area contributed by atoms with E-state index < -0.39 is 11.8 Å². The largest absolute Gasteiger partial charge is 0.421 e. The second-order valence-electron chi connectivity index (χ2n) is 8.46. The highest BCUT2D eigenvalue weighted by Crippen LogP contribution is 2.51. The van der Waals surface area contributed by atoms with E-state index in [0.717, 1.165) is 25.8 Å². The molecular weight excluding hydrogens is 395 g/mol. The van der Waals surface area contributed by atoms with Crippen molar-refractivity contribution in [2.24, 2.45) is 5.41 Å². The second kappa shape index (κ2) is 6.42. The van der Waals surface area contributed by atoms with Gasteiger partial charge in [-0.3, -0.25) is 4.40 Å². The summed E-state index contributed by atoms with van der Waals surface area (Å²) in [5.74, 6) is 0.723. The standard InChI is InChI=1S/C21H22F3N5O/c1-19(30,21(22,23)24)13-5-6-18-26-9-15(29(18)11-13)14-3-2-4-17(27-14)28-16-10-25-12-20(16)7-8-20/h2-6,9,11,16,25,30H,7-8,10,12H2,1H3,(H,27,28). The molecule has 9 heteroatoms. The summed E-state index contributed by atoms with van der Waals surface area (Å²) in [6.45, 7) is 2.65. The van der Waals surface area contributed by atoms with Crippen LogP contribution in [0, 0.1) is 5.41 Å². The highest BCUT2D eigenvalue weighted by atomic mass is 19.4. The fourth-order valence-corrected chi connectivity index (χ4v) is 4.15. The van der Waals surface area contributed by atoms with Crippen LogP contribution in [0.15, 0.2) is 42.7 Å². The Labute approximate surface area is 171 Å². The first-order chi connectivity index (χ1) is 14.2. The molecule has 2 aliphatic rings. The maximum atomic E-state index is 13.3. The Kier molecular flexibility index (Phi) is 4.14. The van der Waals surface area contributed by atoms with Gasteiger partial charge in [0.15, 0.2) is 5.60 Å². The Bertz CT molecular complexity index is 1100. The van der Waals surface area contributed by atoms with E-state index in [0.29, 0.717) is 28.5 Å². The minimum absolute atomic E-state index is 0.260. The average molecular weight is 417 g/mol. The van der Waals surface area contributed by atoms with Crippen LogP contribution in [0.3, 0.4) is 0 Å². The molecule has 3 N–H and O–H groups in total. The Hall–Kier alpha value is -2.65. The van der Waals surface area contributed by atoms with Gasteiger partial charge >= 0.3 is 6.18 Å². The average Bonchev–Trinajstić information content (AvgIpc) is 3.19. The SMILES string of the molecule is CC(O)(c1ccc2ncc(-c3cccc(NC4CNCC45CC5)n3)n2c1)C(F)(F)F. The lowest BCUT2D eigenvalue weighted by Crippen LogP contribution is -2.39. The lowest BCUT2D eigenvalue weighted by atomic mass is 9.97. The van der Waals surface area contributed by atoms with Crippen LogP contribution in [-0.4, -0.2) is 44.8 Å². The summed E-state index contributed by atoms with van der Waals surface area (Å²) >= 11 is 0. The highest BCUT2D eigenvalue weighted by molar-refractivity contribution is 5.62. The van der Waals surface area contributed by atoms with Gasteiger partial charge in [0.2, 0.25) is 0 Å². The first-order valence-corrected chi connectivity index (χ1v) is 9.91. The Morgan fingerprint density at radius 3 is 2.77 bits per heavy atom. The fourth-order valence-electron chi connectivity index (χ4n) is 4.15. The number of nitrogens with zero attached hydrogens (tertiary/aromatic N) is 3. The van der Waals surface area contributed by atoms with Gasteiger partial charge in [-0.25, -0.2) is 9.97 Å². The van der Waals surface area contributed by atoms with Gasteiger partial charge in [-0.1, -0.05) is 12.1 Å². The lowest BCUT2D eigenvalue weighted by molar-refractivity contribution is -0.259. The fraction of sp³-hybridized carbons (Fsp3) is 0.429. The number of hydrogen-bond donors (Lipinski definition) is 3. The number of alkyl halides is 3. The zero-order valence-electron chi connectivity index (χ0n) is 16.4. The molecule has 5 rings (SSSR count). The molecule has 1 spiro atoms. The summed E-state index contributed by atoms with van der Waals surface area (Å²) in [5, 5.41) is 17.0. The molecule has 0 radical (unpaired) electrons. The quantitative estimate of drug-likeness (QED) is 0.607. The van der Waals surface area contributed by atoms with Crippen molar-refractivity contribution in [1.82, 2.24) is 19.7 Å². The molecular formula is C21H22F3N5O. The molecule has 30 heavy (non-hydrogen) atoms. The van der Waals surface area contributed by atoms with Crippen molar-refractivity contribution >= 4 is 11.5 Å². The maximum absolute atomic E-state index is 13.3. The number of hydrogen-bond acceptors (Lipinski definition) is 5. The van der Waals surface area contributed by atoms with Crippen LogP contribution >= 0.6 is 0 Å². The van der Waals surface area contributed by atoms with Crippen molar-refractivity contribution < 1.29 is 18.3 Å². The van der Waals surface area contributed by atoms with Gasteiger partial charge in [-0.05, 0) is 38.0 Å². The van der Waals surface area contributed by atoms with E-state index in [1.54, 1.807) is 12.3 Å². The zero-order valence-corrected chi connectivity index (χ0v) is 16.4. The van der Waals surface area contributed by atoms with Gasteiger partial charge in [0.25, 0.3) is 0 Å². The van der Waals surface area contributed by atoms with Crippen LogP contribution in [0.1, 0.15) is 25.3 Å². The number of aliphatic hydroxyl groups is 1. The summed E-state index contributed by atoms with van der Waals surface area (Å²) < 4.78 is 41.4. The Morgan fingerprint density at radius 1 is 1.23 bits per heavy atom. The van der Waals surface area contributed by atoms with Gasteiger partial charge in [0.05, 0.1) is 17.6 Å². The van der Waals surface area contributed by atoms with Gasteiger partial charge < -0.3 is 15.7 Å². The van der Waals surface area contributed by atoms with Gasteiger partial charge in [-0.15, -0.1) is 0 Å². The van der Waals surface area contributed by atoms with Crippen molar-refractivity contribution in [3.05, 3.63) is 48.3 Å². The molecule has 0 aromatic carbocycles. The molecule has 0 bridgehead atoms. The van der Waals surface area contributed by atoms with E-state index in [2.05, 4.69) is 20.6 Å². The van der Waals surface area contributed by atoms with Crippen molar-refractivity contribution in [3.63, 3.8) is 0 Å². The molecule has 2 fully saturated rings. The number of aromatic nitrogens is 3. The third-order valence-corrected chi connectivity index (χ3v) is 6.41. The third-order valence-electron chi connectivity index (χ3n) is 6.41. The zero-order chi connectivity index (χ0) is 21.1. The maximum Gasteiger partial charge on any atom is 0.421 e. The molecule has 1 aliphatic heterocycles. The summed E-state index contributed by atoms with van der Waals surface area (Å²) in [7, 11) is 0. The number of nitrogens with one attached hydrogen (secondary N) is 2. The first kappa shape index (κ1) is 19.3. The molecule has 0 amide bonds. The van der Waals surface area contributed by atoms with E-state index in [4.69, 9.17) is 0 Å². The minimum Gasteiger partial charge on any atom is -0.376 e. The molecule has 2 atom stereocenters.